The van der Waals surface area contributed by atoms with Gasteiger partial charge >= 0.3 is 0 Å². The van der Waals surface area contributed by atoms with Crippen LogP contribution in [0.25, 0.3) is 33.4 Å². The van der Waals surface area contributed by atoms with Crippen LogP contribution in [0.2, 0.25) is 0 Å². The summed E-state index contributed by atoms with van der Waals surface area (Å²) in [6.45, 7) is 1.03. The molecule has 5 aromatic carbocycles. The van der Waals surface area contributed by atoms with Crippen molar-refractivity contribution in [3.05, 3.63) is 154 Å². The summed E-state index contributed by atoms with van der Waals surface area (Å²) in [7, 11) is 12.5. The Morgan fingerprint density at radius 2 is 1.38 bits per heavy atom. The maximum absolute atomic E-state index is 13.4. The third kappa shape index (κ3) is 21.0. The van der Waals surface area contributed by atoms with Gasteiger partial charge in [0.25, 0.3) is 11.6 Å². The van der Waals surface area contributed by atoms with Crippen molar-refractivity contribution in [1.82, 2.24) is 35.5 Å². The number of nitrogens with zero attached hydrogens (tertiary/aromatic N) is 11. The van der Waals surface area contributed by atoms with E-state index in [-0.39, 0.29) is 68.5 Å². The van der Waals surface area contributed by atoms with Crippen molar-refractivity contribution in [3.63, 3.8) is 0 Å². The summed E-state index contributed by atoms with van der Waals surface area (Å²) < 4.78 is 43.9. The van der Waals surface area contributed by atoms with Gasteiger partial charge in [0.15, 0.2) is 12.6 Å². The van der Waals surface area contributed by atoms with Crippen molar-refractivity contribution in [2.24, 2.45) is 20.5 Å². The first-order valence-electron chi connectivity index (χ1n) is 33.7. The number of methoxy groups -OCH3 is 2. The predicted octanol–water partition coefficient (Wildman–Crippen LogP) is 6.22. The Bertz CT molecular complexity index is 4350. The van der Waals surface area contributed by atoms with Gasteiger partial charge in [-0.3, -0.25) is 24.5 Å². The number of hydrogen-bond acceptors (Lipinski definition) is 26. The Labute approximate surface area is 598 Å². The number of amides is 3. The number of aliphatic hydroxyl groups is 4. The zero-order valence-electron chi connectivity index (χ0n) is 58.7. The van der Waals surface area contributed by atoms with Crippen LogP contribution in [0.15, 0.2) is 146 Å². The first-order chi connectivity index (χ1) is 50.1. The summed E-state index contributed by atoms with van der Waals surface area (Å²) in [4.78, 5) is 66.8. The molecule has 3 heterocycles. The van der Waals surface area contributed by atoms with Gasteiger partial charge in [0.05, 0.1) is 94.7 Å². The standard InChI is InChI=1S/C72H86N14O18/c1-82(2)50-23-26-53-58(36-50)102-59-37-51(83(3)4)24-27-54(59)66(53)52-25-14-44(35-55(52)71(94)95)70(93)74-29-11-9-8-10-28-73-64(89)40-65(104-72-69(92)68(91)67(90)62(43-87)103-72)101-34-33-100-32-31-85-42-47(78-81-85)41-75-63(88)13-12-30-84(5)48-19-15-45(16-20-48)76-79-56-38-61(99-7)57(39-60(56)98-6)80-77-46-17-21-49(22-18-46)86(96)97/h14-27,35-39,42,62,65,67-69,72,87,90-92H,8-13,28-34,40-41,43H2,1-7H3,(H3-,73,74,75,88,89,93,94,95)/t62-,65?,67+,68+,69-,72-/m1/s1. The highest BCUT2D eigenvalue weighted by Gasteiger charge is 2.45. The molecule has 9 rings (SSSR count). The number of non-ortho nitro benzene ring substituents is 1. The lowest BCUT2D eigenvalue weighted by Gasteiger charge is -2.40. The average Bonchev–Trinajstić information content (AvgIpc) is 0.781. The van der Waals surface area contributed by atoms with E-state index in [2.05, 4.69) is 46.7 Å². The highest BCUT2D eigenvalue weighted by molar-refractivity contribution is 6.09. The molecule has 1 fully saturated rings. The molecule has 3 aliphatic rings. The number of carboxylic acid groups (broad SMARTS) is 1. The van der Waals surface area contributed by atoms with Crippen LogP contribution in [0.4, 0.5) is 39.8 Å². The molecule has 2 aliphatic heterocycles. The highest BCUT2D eigenvalue weighted by atomic mass is 16.8. The van der Waals surface area contributed by atoms with Crippen molar-refractivity contribution in [2.75, 3.05) is 105 Å². The van der Waals surface area contributed by atoms with Gasteiger partial charge in [-0.15, -0.1) is 15.3 Å². The van der Waals surface area contributed by atoms with Gasteiger partial charge < -0.3 is 88.9 Å². The van der Waals surface area contributed by atoms with Crippen LogP contribution in [0.3, 0.4) is 0 Å². The van der Waals surface area contributed by atoms with Crippen LogP contribution in [0.1, 0.15) is 71.4 Å². The number of carbonyl (C=O) groups excluding carboxylic acids is 4. The zero-order valence-corrected chi connectivity index (χ0v) is 58.7. The van der Waals surface area contributed by atoms with Crippen molar-refractivity contribution >= 4 is 74.5 Å². The molecule has 1 aliphatic carbocycles. The van der Waals surface area contributed by atoms with E-state index < -0.39 is 66.3 Å². The number of ether oxygens (including phenoxy) is 6. The van der Waals surface area contributed by atoms with Crippen LogP contribution in [-0.4, -0.2) is 197 Å². The molecule has 1 saturated heterocycles. The number of aromatic nitrogens is 3. The molecule has 1 unspecified atom stereocenters. The van der Waals surface area contributed by atoms with Gasteiger partial charge in [-0.1, -0.05) is 24.1 Å². The first-order valence-corrected chi connectivity index (χ1v) is 33.7. The smallest absolute Gasteiger partial charge is 0.269 e. The van der Waals surface area contributed by atoms with E-state index in [1.54, 1.807) is 47.3 Å². The Balaban J connectivity index is 0.666. The summed E-state index contributed by atoms with van der Waals surface area (Å²) in [6, 6.07) is 32.2. The SMILES string of the molecule is COc1cc(N=Nc2ccc([N+](=O)[O-])cc2)c(OC)cc1N=Nc1ccc(N(C)CCCC(=O)NCc2cn(CCOCCOC(CC(=O)NCCCCCCNC(=O)c3ccc(-c4c5ccc(=[N+](C)C)cc-5oc5cc(N(C)C)ccc45)c(C(=O)[O-])c3)O[C@H]3O[C@H](CO)[C@H](O)[C@H](O)[C@H]3O)nn2)cc1. The topological polar surface area (TPSA) is 410 Å². The maximum Gasteiger partial charge on any atom is 0.269 e. The van der Waals surface area contributed by atoms with E-state index in [0.29, 0.717) is 125 Å². The molecule has 7 N–H and O–H groups in total. The van der Waals surface area contributed by atoms with Crippen LogP contribution in [-0.2, 0) is 41.6 Å². The van der Waals surface area contributed by atoms with Crippen molar-refractivity contribution in [1.29, 1.82) is 0 Å². The number of azo groups is 2. The van der Waals surface area contributed by atoms with Gasteiger partial charge in [-0.2, -0.15) is 10.2 Å². The second-order valence-corrected chi connectivity index (χ2v) is 24.8. The lowest BCUT2D eigenvalue weighted by molar-refractivity contribution is -0.384. The lowest BCUT2D eigenvalue weighted by Crippen LogP contribution is -2.59. The van der Waals surface area contributed by atoms with Crippen molar-refractivity contribution in [3.8, 4) is 33.9 Å². The van der Waals surface area contributed by atoms with Crippen molar-refractivity contribution in [2.45, 2.75) is 95.0 Å². The normalized spacial score (nSPS) is 16.2. The summed E-state index contributed by atoms with van der Waals surface area (Å²) in [6.07, 6.45) is -4.62. The van der Waals surface area contributed by atoms with Crippen molar-refractivity contribution < 1.29 is 82.5 Å². The molecule has 104 heavy (non-hydrogen) atoms. The Kier molecular flexibility index (Phi) is 27.9. The number of unbranched alkanes of at least 4 members (excludes halogenated alkanes) is 3. The average molecular weight is 1440 g/mol. The number of nitro groups is 1. The number of rotatable bonds is 37. The minimum absolute atomic E-state index is 0.0297. The monoisotopic (exact) mass is 1430 g/mol. The molecule has 32 nitrogen and oxygen atoms in total. The van der Waals surface area contributed by atoms with Gasteiger partial charge in [-0.25, -0.2) is 9.26 Å². The van der Waals surface area contributed by atoms with E-state index in [1.807, 2.05) is 98.1 Å². The van der Waals surface area contributed by atoms with Crippen LogP contribution in [0.5, 0.6) is 11.5 Å². The fourth-order valence-electron chi connectivity index (χ4n) is 11.2. The number of carboxylic acids is 1. The number of benzene rings is 6. The molecule has 32 heteroatoms. The molecule has 0 radical (unpaired) electrons. The molecule has 0 bridgehead atoms. The lowest BCUT2D eigenvalue weighted by atomic mass is 9.89. The predicted molar refractivity (Wildman–Crippen MR) is 380 cm³/mol. The maximum atomic E-state index is 13.4. The van der Waals surface area contributed by atoms with E-state index in [9.17, 15) is 54.8 Å². The van der Waals surface area contributed by atoms with E-state index in [0.717, 1.165) is 16.7 Å². The number of aliphatic hydroxyl groups excluding tert-OH is 4. The zero-order chi connectivity index (χ0) is 74.4. The van der Waals surface area contributed by atoms with Crippen LogP contribution >= 0.6 is 0 Å². The van der Waals surface area contributed by atoms with Crippen LogP contribution in [0, 0.1) is 10.1 Å². The van der Waals surface area contributed by atoms with E-state index in [1.165, 1.54) is 44.6 Å². The second-order valence-electron chi connectivity index (χ2n) is 24.8. The minimum Gasteiger partial charge on any atom is -0.545 e. The second kappa shape index (κ2) is 37.5. The number of nitro benzene ring substituents is 1. The third-order valence-corrected chi connectivity index (χ3v) is 17.0. The summed E-state index contributed by atoms with van der Waals surface area (Å²) in [5, 5.41) is 101. The van der Waals surface area contributed by atoms with E-state index >= 15 is 0 Å². The molecular weight excluding hydrogens is 1350 g/mol. The third-order valence-electron chi connectivity index (χ3n) is 17.0. The molecular formula is C72H86N14O18. The highest BCUT2D eigenvalue weighted by Crippen LogP contribution is 2.44. The number of aromatic carboxylic acids is 1. The summed E-state index contributed by atoms with van der Waals surface area (Å²) in [5.41, 5.74) is 6.20. The Hall–Kier alpha value is -10.7. The van der Waals surface area contributed by atoms with Gasteiger partial charge in [0.1, 0.15) is 78.4 Å². The molecule has 0 spiro atoms. The first kappa shape index (κ1) is 77.4. The van der Waals surface area contributed by atoms with Gasteiger partial charge in [0.2, 0.25) is 17.2 Å². The minimum atomic E-state index is -1.75. The molecule has 552 valence electrons. The number of anilines is 2. The fraction of sp³-hybridized carbons (Fsp3) is 0.403. The van der Waals surface area contributed by atoms with Gasteiger partial charge in [-0.05, 0) is 91.6 Å². The quantitative estimate of drug-likeness (QED) is 0.00432. The molecule has 6 atom stereocenters. The largest absolute Gasteiger partial charge is 0.545 e. The Morgan fingerprint density at radius 3 is 2.03 bits per heavy atom. The number of nitrogens with one attached hydrogen (secondary N) is 3. The molecule has 0 saturated carbocycles. The number of hydrogen-bond donors (Lipinski definition) is 7. The number of fused-ring (bicyclic) bond motifs is 2. The Morgan fingerprint density at radius 1 is 0.721 bits per heavy atom. The molecule has 6 aromatic rings. The van der Waals surface area contributed by atoms with E-state index in [4.69, 9.17) is 32.8 Å². The van der Waals surface area contributed by atoms with Crippen LogP contribution < -0.4 is 50.3 Å². The molecule has 1 aromatic heterocycles. The van der Waals surface area contributed by atoms with Gasteiger partial charge in [0, 0.05) is 123 Å². The summed E-state index contributed by atoms with van der Waals surface area (Å²) in [5.74, 6) is -1.27. The summed E-state index contributed by atoms with van der Waals surface area (Å²) >= 11 is 0. The number of carbonyl (C=O) groups is 4. The molecule has 3 amide bonds. The fourth-order valence-corrected chi connectivity index (χ4v) is 11.2.